The van der Waals surface area contributed by atoms with E-state index >= 15 is 0 Å². The largest absolute Gasteiger partial charge is 0.416 e. The van der Waals surface area contributed by atoms with Crippen LogP contribution in [0.25, 0.3) is 0 Å². The minimum Gasteiger partial charge on any atom is -0.413 e. The number of aromatic nitrogens is 1. The zero-order chi connectivity index (χ0) is 8.55. The van der Waals surface area contributed by atoms with E-state index in [0.29, 0.717) is 5.92 Å². The molecule has 3 heteroatoms. The van der Waals surface area contributed by atoms with Crippen molar-refractivity contribution in [2.75, 3.05) is 0 Å². The second kappa shape index (κ2) is 2.81. The molecule has 0 radical (unpaired) electrons. The molecule has 66 valence electrons. The van der Waals surface area contributed by atoms with E-state index in [2.05, 4.69) is 4.98 Å². The van der Waals surface area contributed by atoms with Crippen molar-refractivity contribution in [1.29, 1.82) is 0 Å². The van der Waals surface area contributed by atoms with Crippen LogP contribution in [0, 0.1) is 0 Å². The van der Waals surface area contributed by atoms with Crippen molar-refractivity contribution >= 4 is 0 Å². The molecule has 1 fully saturated rings. The van der Waals surface area contributed by atoms with Crippen LogP contribution >= 0.6 is 0 Å². The summed E-state index contributed by atoms with van der Waals surface area (Å²) in [5.74, 6) is 1.12. The number of hydrogen-bond donors (Lipinski definition) is 1. The van der Waals surface area contributed by atoms with E-state index in [9.17, 15) is 4.79 Å². The van der Waals surface area contributed by atoms with Gasteiger partial charge < -0.3 is 4.42 Å². The van der Waals surface area contributed by atoms with Gasteiger partial charge in [0.05, 0.1) is 5.69 Å². The molecule has 0 bridgehead atoms. The third kappa shape index (κ3) is 1.09. The van der Waals surface area contributed by atoms with Crippen molar-refractivity contribution < 1.29 is 4.42 Å². The topological polar surface area (TPSA) is 46.0 Å². The summed E-state index contributed by atoms with van der Waals surface area (Å²) in [5, 5.41) is 0. The molecule has 0 amide bonds. The first-order valence-electron chi connectivity index (χ1n) is 4.53. The van der Waals surface area contributed by atoms with Gasteiger partial charge in [-0.05, 0) is 12.8 Å². The van der Waals surface area contributed by atoms with Crippen LogP contribution in [0.2, 0.25) is 0 Å². The third-order valence-electron chi connectivity index (χ3n) is 2.59. The van der Waals surface area contributed by atoms with E-state index < -0.39 is 0 Å². The fourth-order valence-electron chi connectivity index (χ4n) is 1.66. The Morgan fingerprint density at radius 1 is 1.58 bits per heavy atom. The Kier molecular flexibility index (Phi) is 1.79. The third-order valence-corrected chi connectivity index (χ3v) is 2.59. The summed E-state index contributed by atoms with van der Waals surface area (Å²) in [4.78, 5) is 13.7. The van der Waals surface area contributed by atoms with Crippen molar-refractivity contribution in [2.45, 2.75) is 38.5 Å². The van der Waals surface area contributed by atoms with Gasteiger partial charge in [0.25, 0.3) is 0 Å². The Morgan fingerprint density at radius 2 is 2.33 bits per heavy atom. The number of aryl methyl sites for hydroxylation is 1. The number of aromatic amines is 1. The molecule has 0 atom stereocenters. The second-order valence-electron chi connectivity index (χ2n) is 3.33. The molecular formula is C9H13NO2. The molecule has 1 aliphatic carbocycles. The van der Waals surface area contributed by atoms with E-state index in [0.717, 1.165) is 17.9 Å². The van der Waals surface area contributed by atoms with Gasteiger partial charge in [-0.1, -0.05) is 13.3 Å². The highest BCUT2D eigenvalue weighted by molar-refractivity contribution is 5.15. The Balaban J connectivity index is 2.33. The van der Waals surface area contributed by atoms with Crippen LogP contribution in [0.5, 0.6) is 0 Å². The van der Waals surface area contributed by atoms with E-state index in [1.54, 1.807) is 0 Å². The van der Waals surface area contributed by atoms with E-state index in [4.69, 9.17) is 4.42 Å². The lowest BCUT2D eigenvalue weighted by atomic mass is 9.82. The maximum Gasteiger partial charge on any atom is 0.416 e. The summed E-state index contributed by atoms with van der Waals surface area (Å²) >= 11 is 0. The standard InChI is InChI=1S/C9H13NO2/c1-2-7-8(6-4-3-5-6)10-9(11)12-7/h6H,2-5H2,1H3,(H,10,11). The number of rotatable bonds is 2. The van der Waals surface area contributed by atoms with Crippen LogP contribution in [-0.2, 0) is 6.42 Å². The Hall–Kier alpha value is -0.990. The van der Waals surface area contributed by atoms with Crippen LogP contribution in [0.1, 0.15) is 43.6 Å². The summed E-state index contributed by atoms with van der Waals surface area (Å²) < 4.78 is 5.01. The zero-order valence-electron chi connectivity index (χ0n) is 7.22. The minimum atomic E-state index is -0.297. The van der Waals surface area contributed by atoms with Gasteiger partial charge in [0, 0.05) is 12.3 Å². The first-order valence-corrected chi connectivity index (χ1v) is 4.53. The highest BCUT2D eigenvalue weighted by Gasteiger charge is 2.24. The predicted molar refractivity (Wildman–Crippen MR) is 45.3 cm³/mol. The smallest absolute Gasteiger partial charge is 0.413 e. The number of oxazole rings is 1. The second-order valence-corrected chi connectivity index (χ2v) is 3.33. The monoisotopic (exact) mass is 167 g/mol. The normalized spacial score (nSPS) is 17.8. The quantitative estimate of drug-likeness (QED) is 0.730. The summed E-state index contributed by atoms with van der Waals surface area (Å²) in [6, 6.07) is 0. The van der Waals surface area contributed by atoms with E-state index in [-0.39, 0.29) is 5.76 Å². The molecule has 1 aromatic heterocycles. The van der Waals surface area contributed by atoms with Gasteiger partial charge >= 0.3 is 5.76 Å². The average Bonchev–Trinajstić information content (AvgIpc) is 2.27. The lowest BCUT2D eigenvalue weighted by molar-refractivity contribution is 0.402. The summed E-state index contributed by atoms with van der Waals surface area (Å²) in [6.07, 6.45) is 4.48. The number of hydrogen-bond acceptors (Lipinski definition) is 2. The number of nitrogens with one attached hydrogen (secondary N) is 1. The molecule has 1 aliphatic rings. The van der Waals surface area contributed by atoms with Gasteiger partial charge in [-0.25, -0.2) is 4.79 Å². The fraction of sp³-hybridized carbons (Fsp3) is 0.667. The molecule has 2 rings (SSSR count). The number of H-pyrrole nitrogens is 1. The lowest BCUT2D eigenvalue weighted by Gasteiger charge is -2.24. The van der Waals surface area contributed by atoms with Gasteiger partial charge in [0.1, 0.15) is 5.76 Å². The molecule has 1 aromatic rings. The molecule has 1 heterocycles. The SMILES string of the molecule is CCc1oc(=O)[nH]c1C1CCC1. The van der Waals surface area contributed by atoms with Crippen LogP contribution in [0.4, 0.5) is 0 Å². The molecule has 0 unspecified atom stereocenters. The van der Waals surface area contributed by atoms with Gasteiger partial charge in [-0.3, -0.25) is 4.98 Å². The summed E-state index contributed by atoms with van der Waals surface area (Å²) in [5.41, 5.74) is 1.05. The first-order chi connectivity index (χ1) is 5.81. The highest BCUT2D eigenvalue weighted by Crippen LogP contribution is 2.36. The molecule has 0 aromatic carbocycles. The molecule has 0 saturated heterocycles. The van der Waals surface area contributed by atoms with E-state index in [1.165, 1.54) is 19.3 Å². The fourth-order valence-corrected chi connectivity index (χ4v) is 1.66. The van der Waals surface area contributed by atoms with Gasteiger partial charge in [-0.15, -0.1) is 0 Å². The van der Waals surface area contributed by atoms with Crippen molar-refractivity contribution in [1.82, 2.24) is 4.98 Å². The summed E-state index contributed by atoms with van der Waals surface area (Å²) in [6.45, 7) is 2.01. The van der Waals surface area contributed by atoms with Crippen molar-refractivity contribution in [2.24, 2.45) is 0 Å². The van der Waals surface area contributed by atoms with E-state index in [1.807, 2.05) is 6.92 Å². The van der Waals surface area contributed by atoms with Gasteiger partial charge in [0.15, 0.2) is 0 Å². The molecule has 0 spiro atoms. The predicted octanol–water partition coefficient (Wildman–Crippen LogP) is 1.80. The van der Waals surface area contributed by atoms with Crippen molar-refractivity contribution in [3.63, 3.8) is 0 Å². The molecule has 12 heavy (non-hydrogen) atoms. The van der Waals surface area contributed by atoms with Crippen LogP contribution in [-0.4, -0.2) is 4.98 Å². The molecular weight excluding hydrogens is 154 g/mol. The van der Waals surface area contributed by atoms with Crippen molar-refractivity contribution in [3.05, 3.63) is 22.0 Å². The first kappa shape index (κ1) is 7.65. The molecule has 3 nitrogen and oxygen atoms in total. The Bertz CT molecular complexity index is 320. The average molecular weight is 167 g/mol. The Morgan fingerprint density at radius 3 is 2.83 bits per heavy atom. The van der Waals surface area contributed by atoms with Crippen LogP contribution in [0.3, 0.4) is 0 Å². The molecule has 0 aliphatic heterocycles. The van der Waals surface area contributed by atoms with Gasteiger partial charge in [-0.2, -0.15) is 0 Å². The van der Waals surface area contributed by atoms with Gasteiger partial charge in [0.2, 0.25) is 0 Å². The van der Waals surface area contributed by atoms with Crippen molar-refractivity contribution in [3.8, 4) is 0 Å². The highest BCUT2D eigenvalue weighted by atomic mass is 16.4. The van der Waals surface area contributed by atoms with Crippen LogP contribution < -0.4 is 5.76 Å². The van der Waals surface area contributed by atoms with Crippen LogP contribution in [0.15, 0.2) is 9.21 Å². The maximum absolute atomic E-state index is 10.9. The maximum atomic E-state index is 10.9. The summed E-state index contributed by atoms with van der Waals surface area (Å²) in [7, 11) is 0. The Labute approximate surface area is 70.8 Å². The molecule has 1 saturated carbocycles. The minimum absolute atomic E-state index is 0.297. The lowest BCUT2D eigenvalue weighted by Crippen LogP contribution is -2.12. The molecule has 1 N–H and O–H groups in total. The zero-order valence-corrected chi connectivity index (χ0v) is 7.22.